The van der Waals surface area contributed by atoms with Gasteiger partial charge >= 0.3 is 0 Å². The third kappa shape index (κ3) is 4.40. The summed E-state index contributed by atoms with van der Waals surface area (Å²) in [5, 5.41) is 4.94. The molecule has 0 amide bonds. The number of nitrogens with zero attached hydrogens (tertiary/aromatic N) is 3. The highest BCUT2D eigenvalue weighted by atomic mass is 79.9. The monoisotopic (exact) mass is 369 g/mol. The molecule has 1 heterocycles. The van der Waals surface area contributed by atoms with Crippen molar-refractivity contribution in [3.05, 3.63) is 51.2 Å². The first kappa shape index (κ1) is 16.2. The van der Waals surface area contributed by atoms with Gasteiger partial charge in [0.05, 0.1) is 17.2 Å². The Labute approximate surface area is 137 Å². The van der Waals surface area contributed by atoms with Crippen LogP contribution in [0.15, 0.2) is 34.9 Å². The van der Waals surface area contributed by atoms with Gasteiger partial charge in [0, 0.05) is 18.0 Å². The van der Waals surface area contributed by atoms with Crippen LogP contribution in [0.4, 0.5) is 0 Å². The topological polar surface area (TPSA) is 38.1 Å². The van der Waals surface area contributed by atoms with Crippen molar-refractivity contribution in [2.24, 2.45) is 0 Å². The molecule has 6 heteroatoms. The molecule has 21 heavy (non-hydrogen) atoms. The number of halogens is 2. The summed E-state index contributed by atoms with van der Waals surface area (Å²) in [6.45, 7) is 1.51. The summed E-state index contributed by atoms with van der Waals surface area (Å²) in [4.78, 5) is 14.6. The van der Waals surface area contributed by atoms with E-state index in [9.17, 15) is 4.79 Å². The Bertz CT molecular complexity index is 622. The summed E-state index contributed by atoms with van der Waals surface area (Å²) in [6, 6.07) is 7.33. The highest BCUT2D eigenvalue weighted by Crippen LogP contribution is 2.19. The van der Waals surface area contributed by atoms with Crippen LogP contribution in [0.5, 0.6) is 0 Å². The first-order valence-electron chi connectivity index (χ1n) is 6.61. The molecule has 0 aliphatic rings. The number of benzene rings is 1. The molecule has 0 aliphatic carbocycles. The van der Waals surface area contributed by atoms with Gasteiger partial charge in [-0.3, -0.25) is 9.48 Å². The van der Waals surface area contributed by atoms with Crippen molar-refractivity contribution in [3.8, 4) is 0 Å². The normalized spacial score (nSPS) is 11.1. The Morgan fingerprint density at radius 3 is 2.62 bits per heavy atom. The lowest BCUT2D eigenvalue weighted by Gasteiger charge is -2.11. The van der Waals surface area contributed by atoms with E-state index in [1.54, 1.807) is 23.0 Å². The molecule has 1 aromatic carbocycles. The van der Waals surface area contributed by atoms with Crippen molar-refractivity contribution >= 4 is 33.3 Å². The van der Waals surface area contributed by atoms with Crippen LogP contribution in [-0.4, -0.2) is 41.1 Å². The quantitative estimate of drug-likeness (QED) is 0.732. The van der Waals surface area contributed by atoms with Crippen LogP contribution < -0.4 is 0 Å². The average molecular weight is 371 g/mol. The maximum absolute atomic E-state index is 12.5. The third-order valence-electron chi connectivity index (χ3n) is 3.10. The van der Waals surface area contributed by atoms with E-state index >= 15 is 0 Å². The fraction of sp³-hybridized carbons (Fsp3) is 0.333. The molecule has 0 N–H and O–H groups in total. The van der Waals surface area contributed by atoms with Gasteiger partial charge in [-0.25, -0.2) is 0 Å². The Morgan fingerprint density at radius 2 is 2.00 bits per heavy atom. The predicted octanol–water partition coefficient (Wildman–Crippen LogP) is 3.29. The number of Topliss-reactive ketones (excluding diaryl/α,β-unsaturated/α-hetero) is 1. The molecule has 112 valence electrons. The molecular formula is C15H17BrClN3O. The molecule has 0 atom stereocenters. The molecule has 0 saturated heterocycles. The Balaban J connectivity index is 2.14. The minimum Gasteiger partial charge on any atom is -0.308 e. The summed E-state index contributed by atoms with van der Waals surface area (Å²) in [5.41, 5.74) is 1.56. The molecule has 0 fully saturated rings. The van der Waals surface area contributed by atoms with Gasteiger partial charge in [-0.15, -0.1) is 0 Å². The molecule has 0 radical (unpaired) electrons. The SMILES string of the molecule is CN(C)CCn1ncc(Br)c1C(=O)Cc1ccc(Cl)cc1. The molecule has 0 bridgehead atoms. The highest BCUT2D eigenvalue weighted by Gasteiger charge is 2.17. The highest BCUT2D eigenvalue weighted by molar-refractivity contribution is 9.10. The second kappa shape index (κ2) is 7.20. The van der Waals surface area contributed by atoms with E-state index < -0.39 is 0 Å². The maximum Gasteiger partial charge on any atom is 0.186 e. The first-order valence-corrected chi connectivity index (χ1v) is 7.78. The van der Waals surface area contributed by atoms with Gasteiger partial charge in [0.25, 0.3) is 0 Å². The molecule has 4 nitrogen and oxygen atoms in total. The van der Waals surface area contributed by atoms with Crippen LogP contribution in [0.25, 0.3) is 0 Å². The van der Waals surface area contributed by atoms with Crippen LogP contribution in [-0.2, 0) is 13.0 Å². The Hall–Kier alpha value is -1.17. The Kier molecular flexibility index (Phi) is 5.56. The fourth-order valence-corrected chi connectivity index (χ4v) is 2.62. The fourth-order valence-electron chi connectivity index (χ4n) is 1.98. The molecule has 0 saturated carbocycles. The van der Waals surface area contributed by atoms with Crippen molar-refractivity contribution < 1.29 is 4.79 Å². The van der Waals surface area contributed by atoms with Crippen molar-refractivity contribution in [1.29, 1.82) is 0 Å². The van der Waals surface area contributed by atoms with E-state index in [2.05, 4.69) is 25.9 Å². The summed E-state index contributed by atoms with van der Waals surface area (Å²) in [5.74, 6) is 0.0421. The van der Waals surface area contributed by atoms with E-state index in [-0.39, 0.29) is 5.78 Å². The van der Waals surface area contributed by atoms with Crippen LogP contribution in [0.1, 0.15) is 16.1 Å². The smallest absolute Gasteiger partial charge is 0.186 e. The lowest BCUT2D eigenvalue weighted by molar-refractivity contribution is 0.0981. The van der Waals surface area contributed by atoms with Gasteiger partial charge in [0.15, 0.2) is 5.78 Å². The largest absolute Gasteiger partial charge is 0.308 e. The van der Waals surface area contributed by atoms with Crippen molar-refractivity contribution in [3.63, 3.8) is 0 Å². The summed E-state index contributed by atoms with van der Waals surface area (Å²) >= 11 is 9.27. The van der Waals surface area contributed by atoms with Crippen LogP contribution >= 0.6 is 27.5 Å². The minimum atomic E-state index is 0.0421. The molecule has 0 aliphatic heterocycles. The van der Waals surface area contributed by atoms with Gasteiger partial charge in [-0.2, -0.15) is 5.10 Å². The standard InChI is InChI=1S/C15H17BrClN3O/c1-19(2)7-8-20-15(13(16)10-18-20)14(21)9-11-3-5-12(17)6-4-11/h3-6,10H,7-9H2,1-2H3. The van der Waals surface area contributed by atoms with Gasteiger partial charge < -0.3 is 4.90 Å². The van der Waals surface area contributed by atoms with E-state index in [0.717, 1.165) is 16.6 Å². The van der Waals surface area contributed by atoms with Crippen LogP contribution in [0.2, 0.25) is 5.02 Å². The van der Waals surface area contributed by atoms with Gasteiger partial charge in [-0.05, 0) is 47.7 Å². The van der Waals surface area contributed by atoms with Gasteiger partial charge in [-0.1, -0.05) is 23.7 Å². The zero-order valence-corrected chi connectivity index (χ0v) is 14.4. The number of hydrogen-bond acceptors (Lipinski definition) is 3. The van der Waals surface area contributed by atoms with E-state index in [0.29, 0.717) is 23.7 Å². The number of hydrogen-bond donors (Lipinski definition) is 0. The number of likely N-dealkylation sites (N-methyl/N-ethyl adjacent to an activating group) is 1. The number of rotatable bonds is 6. The maximum atomic E-state index is 12.5. The number of carbonyl (C=O) groups excluding carboxylic acids is 1. The van der Waals surface area contributed by atoms with Crippen molar-refractivity contribution in [2.45, 2.75) is 13.0 Å². The number of ketones is 1. The van der Waals surface area contributed by atoms with E-state index in [1.165, 1.54) is 0 Å². The molecule has 0 spiro atoms. The van der Waals surface area contributed by atoms with Crippen molar-refractivity contribution in [1.82, 2.24) is 14.7 Å². The lowest BCUT2D eigenvalue weighted by Crippen LogP contribution is -2.22. The Morgan fingerprint density at radius 1 is 1.33 bits per heavy atom. The summed E-state index contributed by atoms with van der Waals surface area (Å²) in [6.07, 6.45) is 2.01. The number of aromatic nitrogens is 2. The average Bonchev–Trinajstić information content (AvgIpc) is 2.80. The zero-order valence-electron chi connectivity index (χ0n) is 12.0. The zero-order chi connectivity index (χ0) is 15.4. The van der Waals surface area contributed by atoms with E-state index in [4.69, 9.17) is 11.6 Å². The van der Waals surface area contributed by atoms with Gasteiger partial charge in [0.2, 0.25) is 0 Å². The second-order valence-electron chi connectivity index (χ2n) is 5.09. The molecule has 2 rings (SSSR count). The second-order valence-corrected chi connectivity index (χ2v) is 6.38. The first-order chi connectivity index (χ1) is 9.97. The van der Waals surface area contributed by atoms with Crippen LogP contribution in [0.3, 0.4) is 0 Å². The minimum absolute atomic E-state index is 0.0421. The number of carbonyl (C=O) groups is 1. The van der Waals surface area contributed by atoms with E-state index in [1.807, 2.05) is 26.2 Å². The third-order valence-corrected chi connectivity index (χ3v) is 3.93. The molecule has 0 unspecified atom stereocenters. The summed E-state index contributed by atoms with van der Waals surface area (Å²) < 4.78 is 2.49. The van der Waals surface area contributed by atoms with Crippen molar-refractivity contribution in [2.75, 3.05) is 20.6 Å². The summed E-state index contributed by atoms with van der Waals surface area (Å²) in [7, 11) is 3.99. The molecule has 1 aromatic heterocycles. The lowest BCUT2D eigenvalue weighted by atomic mass is 10.1. The predicted molar refractivity (Wildman–Crippen MR) is 88.0 cm³/mol. The van der Waals surface area contributed by atoms with Gasteiger partial charge in [0.1, 0.15) is 5.69 Å². The molecular weight excluding hydrogens is 354 g/mol. The molecule has 2 aromatic rings. The van der Waals surface area contributed by atoms with Crippen LogP contribution in [0, 0.1) is 0 Å².